The van der Waals surface area contributed by atoms with Gasteiger partial charge in [-0.3, -0.25) is 9.59 Å². The second kappa shape index (κ2) is 9.62. The molecule has 2 aromatic carbocycles. The fraction of sp³-hybridized carbons (Fsp3) is 0.333. The number of esters is 1. The van der Waals surface area contributed by atoms with Gasteiger partial charge in [0.2, 0.25) is 5.78 Å². The highest BCUT2D eigenvalue weighted by Crippen LogP contribution is 2.27. The maximum Gasteiger partial charge on any atom is 0.310 e. The lowest BCUT2D eigenvalue weighted by Gasteiger charge is -2.13. The van der Waals surface area contributed by atoms with Crippen LogP contribution in [0.1, 0.15) is 29.8 Å². The molecule has 0 fully saturated rings. The summed E-state index contributed by atoms with van der Waals surface area (Å²) in [7, 11) is 3.07. The predicted molar refractivity (Wildman–Crippen MR) is 101 cm³/mol. The third-order valence-corrected chi connectivity index (χ3v) is 3.92. The van der Waals surface area contributed by atoms with E-state index in [1.807, 2.05) is 6.92 Å². The number of methoxy groups -OCH3 is 2. The van der Waals surface area contributed by atoms with Crippen LogP contribution in [0, 0.1) is 0 Å². The van der Waals surface area contributed by atoms with Gasteiger partial charge in [-0.2, -0.15) is 0 Å². The van der Waals surface area contributed by atoms with E-state index < -0.39 is 12.1 Å². The average Bonchev–Trinajstić information content (AvgIpc) is 2.68. The Balaban J connectivity index is 1.97. The van der Waals surface area contributed by atoms with Crippen LogP contribution in [0.5, 0.6) is 17.2 Å². The van der Waals surface area contributed by atoms with Crippen molar-refractivity contribution in [2.75, 3.05) is 20.8 Å². The van der Waals surface area contributed by atoms with Gasteiger partial charge in [0.15, 0.2) is 17.6 Å². The highest BCUT2D eigenvalue weighted by atomic mass is 16.5. The Morgan fingerprint density at radius 1 is 0.963 bits per heavy atom. The lowest BCUT2D eigenvalue weighted by atomic mass is 10.1. The summed E-state index contributed by atoms with van der Waals surface area (Å²) in [5.41, 5.74) is 1.17. The standard InChI is InChI=1S/C21H24O6/c1-5-26-17-9-7-16(8-10-17)21(23)14(2)27-20(22)13-15-6-11-18(24-3)19(12-15)25-4/h6-12,14H,5,13H2,1-4H3/t14-/m0/s1. The van der Waals surface area contributed by atoms with E-state index in [1.165, 1.54) is 7.11 Å². The van der Waals surface area contributed by atoms with E-state index >= 15 is 0 Å². The zero-order valence-electron chi connectivity index (χ0n) is 16.0. The fourth-order valence-corrected chi connectivity index (χ4v) is 2.57. The molecule has 2 aromatic rings. The number of Topliss-reactive ketones (excluding diaryl/α,β-unsaturated/α-hetero) is 1. The van der Waals surface area contributed by atoms with Gasteiger partial charge in [0, 0.05) is 5.56 Å². The van der Waals surface area contributed by atoms with E-state index in [9.17, 15) is 9.59 Å². The molecule has 0 spiro atoms. The lowest BCUT2D eigenvalue weighted by Crippen LogP contribution is -2.25. The van der Waals surface area contributed by atoms with Crippen molar-refractivity contribution in [2.45, 2.75) is 26.4 Å². The van der Waals surface area contributed by atoms with Gasteiger partial charge in [0.1, 0.15) is 5.75 Å². The zero-order chi connectivity index (χ0) is 19.8. The highest BCUT2D eigenvalue weighted by molar-refractivity contribution is 6.00. The molecule has 0 aliphatic rings. The molecule has 0 heterocycles. The number of hydrogen-bond acceptors (Lipinski definition) is 6. The number of rotatable bonds is 9. The summed E-state index contributed by atoms with van der Waals surface area (Å²) < 4.78 is 21.0. The monoisotopic (exact) mass is 372 g/mol. The van der Waals surface area contributed by atoms with Gasteiger partial charge in [-0.05, 0) is 55.8 Å². The normalized spacial score (nSPS) is 11.4. The van der Waals surface area contributed by atoms with Crippen molar-refractivity contribution in [3.8, 4) is 17.2 Å². The van der Waals surface area contributed by atoms with Crippen molar-refractivity contribution < 1.29 is 28.5 Å². The lowest BCUT2D eigenvalue weighted by molar-refractivity contribution is -0.145. The van der Waals surface area contributed by atoms with Crippen LogP contribution in [0.25, 0.3) is 0 Å². The predicted octanol–water partition coefficient (Wildman–Crippen LogP) is 3.46. The first-order valence-corrected chi connectivity index (χ1v) is 8.66. The van der Waals surface area contributed by atoms with E-state index in [0.29, 0.717) is 35.0 Å². The summed E-state index contributed by atoms with van der Waals surface area (Å²) >= 11 is 0. The molecular formula is C21H24O6. The molecule has 0 saturated heterocycles. The van der Waals surface area contributed by atoms with Crippen molar-refractivity contribution in [2.24, 2.45) is 0 Å². The topological polar surface area (TPSA) is 71.1 Å². The van der Waals surface area contributed by atoms with Crippen LogP contribution >= 0.6 is 0 Å². The smallest absolute Gasteiger partial charge is 0.310 e. The van der Waals surface area contributed by atoms with Crippen LogP contribution in [0.4, 0.5) is 0 Å². The summed E-state index contributed by atoms with van der Waals surface area (Å²) in [5, 5.41) is 0. The van der Waals surface area contributed by atoms with Gasteiger partial charge < -0.3 is 18.9 Å². The van der Waals surface area contributed by atoms with E-state index in [4.69, 9.17) is 18.9 Å². The zero-order valence-corrected chi connectivity index (χ0v) is 16.0. The Hall–Kier alpha value is -3.02. The Labute approximate surface area is 159 Å². The third-order valence-electron chi connectivity index (χ3n) is 3.92. The molecule has 0 aliphatic carbocycles. The van der Waals surface area contributed by atoms with E-state index in [1.54, 1.807) is 56.5 Å². The Morgan fingerprint density at radius 2 is 1.63 bits per heavy atom. The molecule has 144 valence electrons. The maximum absolute atomic E-state index is 12.4. The van der Waals surface area contributed by atoms with E-state index in [-0.39, 0.29) is 12.2 Å². The minimum absolute atomic E-state index is 0.0290. The molecule has 0 aliphatic heterocycles. The van der Waals surface area contributed by atoms with Crippen LogP contribution in [-0.4, -0.2) is 38.7 Å². The second-order valence-corrected chi connectivity index (χ2v) is 5.82. The first kappa shape index (κ1) is 20.3. The molecule has 0 bridgehead atoms. The number of hydrogen-bond donors (Lipinski definition) is 0. The number of benzene rings is 2. The van der Waals surface area contributed by atoms with Crippen LogP contribution in [-0.2, 0) is 16.0 Å². The van der Waals surface area contributed by atoms with Crippen LogP contribution in [0.15, 0.2) is 42.5 Å². The number of ether oxygens (including phenoxy) is 4. The Morgan fingerprint density at radius 3 is 2.22 bits per heavy atom. The molecule has 0 N–H and O–H groups in total. The van der Waals surface area contributed by atoms with Crippen molar-refractivity contribution in [1.82, 2.24) is 0 Å². The highest BCUT2D eigenvalue weighted by Gasteiger charge is 2.20. The summed E-state index contributed by atoms with van der Waals surface area (Å²) in [6.07, 6.45) is -0.850. The maximum atomic E-state index is 12.4. The molecule has 0 saturated carbocycles. The molecule has 27 heavy (non-hydrogen) atoms. The minimum Gasteiger partial charge on any atom is -0.494 e. The van der Waals surface area contributed by atoms with Crippen molar-refractivity contribution in [3.05, 3.63) is 53.6 Å². The molecule has 0 aromatic heterocycles. The molecule has 0 amide bonds. The number of carbonyl (C=O) groups is 2. The van der Waals surface area contributed by atoms with E-state index in [2.05, 4.69) is 0 Å². The van der Waals surface area contributed by atoms with Crippen LogP contribution in [0.2, 0.25) is 0 Å². The van der Waals surface area contributed by atoms with Gasteiger partial charge in [0.25, 0.3) is 0 Å². The molecule has 6 heteroatoms. The molecular weight excluding hydrogens is 348 g/mol. The summed E-state index contributed by atoms with van der Waals surface area (Å²) in [4.78, 5) is 24.6. The molecule has 6 nitrogen and oxygen atoms in total. The first-order chi connectivity index (χ1) is 13.0. The summed E-state index contributed by atoms with van der Waals surface area (Å²) in [5.74, 6) is 1.04. The van der Waals surface area contributed by atoms with Gasteiger partial charge in [0.05, 0.1) is 27.2 Å². The second-order valence-electron chi connectivity index (χ2n) is 5.82. The van der Waals surface area contributed by atoms with Crippen LogP contribution < -0.4 is 14.2 Å². The first-order valence-electron chi connectivity index (χ1n) is 8.66. The summed E-state index contributed by atoms with van der Waals surface area (Å²) in [6.45, 7) is 4.00. The molecule has 1 atom stereocenters. The number of ketones is 1. The molecule has 0 radical (unpaired) electrons. The van der Waals surface area contributed by atoms with Gasteiger partial charge >= 0.3 is 5.97 Å². The SMILES string of the molecule is CCOc1ccc(C(=O)[C@H](C)OC(=O)Cc2ccc(OC)c(OC)c2)cc1. The van der Waals surface area contributed by atoms with Gasteiger partial charge in [-0.15, -0.1) is 0 Å². The van der Waals surface area contributed by atoms with E-state index in [0.717, 1.165) is 0 Å². The summed E-state index contributed by atoms with van der Waals surface area (Å²) in [6, 6.07) is 11.9. The van der Waals surface area contributed by atoms with Crippen molar-refractivity contribution >= 4 is 11.8 Å². The molecule has 0 unspecified atom stereocenters. The third kappa shape index (κ3) is 5.48. The van der Waals surface area contributed by atoms with Crippen LogP contribution in [0.3, 0.4) is 0 Å². The average molecular weight is 372 g/mol. The van der Waals surface area contributed by atoms with Crippen molar-refractivity contribution in [1.29, 1.82) is 0 Å². The van der Waals surface area contributed by atoms with Gasteiger partial charge in [-0.25, -0.2) is 0 Å². The fourth-order valence-electron chi connectivity index (χ4n) is 2.57. The Bertz CT molecular complexity index is 782. The van der Waals surface area contributed by atoms with Gasteiger partial charge in [-0.1, -0.05) is 6.07 Å². The number of carbonyl (C=O) groups excluding carboxylic acids is 2. The minimum atomic E-state index is -0.879. The largest absolute Gasteiger partial charge is 0.494 e. The van der Waals surface area contributed by atoms with Crippen molar-refractivity contribution in [3.63, 3.8) is 0 Å². The quantitative estimate of drug-likeness (QED) is 0.496. The Kier molecular flexibility index (Phi) is 7.23. The molecule has 2 rings (SSSR count).